The minimum atomic E-state index is -4.54. The van der Waals surface area contributed by atoms with Crippen molar-refractivity contribution in [2.75, 3.05) is 64.0 Å². The van der Waals surface area contributed by atoms with Crippen molar-refractivity contribution < 1.29 is 36.9 Å². The van der Waals surface area contributed by atoms with Crippen LogP contribution in [0.15, 0.2) is 17.1 Å². The van der Waals surface area contributed by atoms with E-state index >= 15 is 0 Å². The highest BCUT2D eigenvalue weighted by molar-refractivity contribution is 9.10. The summed E-state index contributed by atoms with van der Waals surface area (Å²) in [5.41, 5.74) is 0.251. The molecule has 0 saturated carbocycles. The lowest BCUT2D eigenvalue weighted by Crippen LogP contribution is -2.62. The van der Waals surface area contributed by atoms with E-state index in [9.17, 15) is 18.0 Å². The number of carbonyl (C=O) groups is 1. The van der Waals surface area contributed by atoms with E-state index in [1.54, 1.807) is 11.0 Å². The molecule has 1 aromatic heterocycles. The summed E-state index contributed by atoms with van der Waals surface area (Å²) in [6.07, 6.45) is 1.89. The van der Waals surface area contributed by atoms with Gasteiger partial charge in [0.15, 0.2) is 12.4 Å². The van der Waals surface area contributed by atoms with Crippen LogP contribution in [0.4, 0.5) is 23.8 Å². The number of fused-ring (bicyclic) bond motifs is 1. The van der Waals surface area contributed by atoms with Gasteiger partial charge in [-0.15, -0.1) is 0 Å². The Kier molecular flexibility index (Phi) is 10.1. The molecular weight excluding hydrogens is 695 g/mol. The Hall–Kier alpha value is -2.84. The minimum Gasteiger partial charge on any atom is -0.481 e. The molecular formula is C34H45BrF3N5O5. The smallest absolute Gasteiger partial charge is 0.422 e. The molecule has 1 amide bonds. The van der Waals surface area contributed by atoms with E-state index in [1.165, 1.54) is 0 Å². The first-order valence-electron chi connectivity index (χ1n) is 16.8. The van der Waals surface area contributed by atoms with Gasteiger partial charge in [-0.2, -0.15) is 23.1 Å². The van der Waals surface area contributed by atoms with E-state index in [4.69, 9.17) is 23.9 Å². The zero-order valence-corrected chi connectivity index (χ0v) is 29.5. The van der Waals surface area contributed by atoms with Crippen LogP contribution in [0.1, 0.15) is 64.9 Å². The summed E-state index contributed by atoms with van der Waals surface area (Å²) < 4.78 is 63.4. The highest BCUT2D eigenvalue weighted by atomic mass is 79.9. The molecule has 4 aliphatic rings. The number of likely N-dealkylation sites (tertiary alicyclic amines) is 2. The van der Waals surface area contributed by atoms with Crippen molar-refractivity contribution in [3.05, 3.63) is 22.7 Å². The van der Waals surface area contributed by atoms with Gasteiger partial charge in [-0.05, 0) is 86.9 Å². The number of hydrogen-bond donors (Lipinski definition) is 0. The van der Waals surface area contributed by atoms with Crippen molar-refractivity contribution >= 4 is 44.8 Å². The quantitative estimate of drug-likeness (QED) is 0.303. The number of ether oxygens (including phenoxy) is 4. The molecule has 4 saturated heterocycles. The van der Waals surface area contributed by atoms with Crippen molar-refractivity contribution in [3.8, 4) is 11.8 Å². The van der Waals surface area contributed by atoms with Crippen molar-refractivity contribution in [3.63, 3.8) is 0 Å². The van der Waals surface area contributed by atoms with Crippen molar-refractivity contribution in [1.82, 2.24) is 19.8 Å². The standard InChI is InChI=1S/C34H45BrF3N5O5/c1-5-22-18-25-27(28(26(22)35)46-21-34(36,37)38)39-30(47-24-6-12-41(13-7-24)23-8-16-45-17-9-23)40-29(25)42-14-10-33(11-15-42)19-43(20-33)31(44)48-32(2,3)4/h5,18,23-24H,1,6-17,19-21H2,2-4H3. The fourth-order valence-electron chi connectivity index (χ4n) is 7.21. The van der Waals surface area contributed by atoms with Gasteiger partial charge in [0.2, 0.25) is 0 Å². The summed E-state index contributed by atoms with van der Waals surface area (Å²) in [6, 6.07) is 2.47. The molecule has 0 radical (unpaired) electrons. The second kappa shape index (κ2) is 13.8. The van der Waals surface area contributed by atoms with E-state index < -0.39 is 18.4 Å². The van der Waals surface area contributed by atoms with Gasteiger partial charge in [-0.25, -0.2) is 4.79 Å². The molecule has 4 aliphatic heterocycles. The fraction of sp³-hybridized carbons (Fsp3) is 0.676. The van der Waals surface area contributed by atoms with Crippen LogP contribution in [0.25, 0.3) is 17.0 Å². The van der Waals surface area contributed by atoms with Gasteiger partial charge >= 0.3 is 18.3 Å². The lowest BCUT2D eigenvalue weighted by molar-refractivity contribution is -0.153. The van der Waals surface area contributed by atoms with Crippen LogP contribution in [0.5, 0.6) is 11.8 Å². The highest BCUT2D eigenvalue weighted by Gasteiger charge is 2.48. The van der Waals surface area contributed by atoms with Crippen LogP contribution in [0.2, 0.25) is 0 Å². The van der Waals surface area contributed by atoms with Gasteiger partial charge in [0.1, 0.15) is 23.0 Å². The number of nitrogens with zero attached hydrogens (tertiary/aromatic N) is 5. The number of rotatable bonds is 7. The van der Waals surface area contributed by atoms with Gasteiger partial charge in [0.05, 0.1) is 4.47 Å². The predicted molar refractivity (Wildman–Crippen MR) is 180 cm³/mol. The lowest BCUT2D eigenvalue weighted by Gasteiger charge is -2.53. The molecule has 0 aliphatic carbocycles. The maximum absolute atomic E-state index is 13.4. The first-order chi connectivity index (χ1) is 22.7. The zero-order chi connectivity index (χ0) is 34.3. The summed E-state index contributed by atoms with van der Waals surface area (Å²) in [7, 11) is 0. The Labute approximate surface area is 288 Å². The molecule has 0 bridgehead atoms. The average molecular weight is 741 g/mol. The van der Waals surface area contributed by atoms with Crippen LogP contribution in [-0.2, 0) is 9.47 Å². The van der Waals surface area contributed by atoms with E-state index in [-0.39, 0.29) is 34.9 Å². The third-order valence-electron chi connectivity index (χ3n) is 9.76. The van der Waals surface area contributed by atoms with Crippen molar-refractivity contribution in [2.24, 2.45) is 5.41 Å². The van der Waals surface area contributed by atoms with Gasteiger partial charge in [0.25, 0.3) is 0 Å². The third kappa shape index (κ3) is 7.96. The van der Waals surface area contributed by atoms with Crippen LogP contribution in [-0.4, -0.2) is 109 Å². The molecule has 0 unspecified atom stereocenters. The number of halogens is 4. The molecule has 0 N–H and O–H groups in total. The second-order valence-corrected chi connectivity index (χ2v) is 15.3. The van der Waals surface area contributed by atoms with Crippen molar-refractivity contribution in [2.45, 2.75) is 83.2 Å². The molecule has 1 aromatic carbocycles. The molecule has 264 valence electrons. The van der Waals surface area contributed by atoms with Crippen LogP contribution in [0, 0.1) is 5.41 Å². The number of benzene rings is 1. The molecule has 10 nitrogen and oxygen atoms in total. The van der Waals surface area contributed by atoms with E-state index in [1.807, 2.05) is 26.8 Å². The molecule has 1 spiro atoms. The van der Waals surface area contributed by atoms with Gasteiger partial charge < -0.3 is 28.7 Å². The Morgan fingerprint density at radius 2 is 1.75 bits per heavy atom. The molecule has 6 rings (SSSR count). The lowest BCUT2D eigenvalue weighted by atomic mass is 9.72. The van der Waals surface area contributed by atoms with Gasteiger partial charge in [-0.3, -0.25) is 4.90 Å². The monoisotopic (exact) mass is 739 g/mol. The highest BCUT2D eigenvalue weighted by Crippen LogP contribution is 2.45. The Bertz CT molecular complexity index is 1490. The Morgan fingerprint density at radius 1 is 1.08 bits per heavy atom. The van der Waals surface area contributed by atoms with Crippen LogP contribution in [0.3, 0.4) is 0 Å². The molecule has 0 atom stereocenters. The summed E-state index contributed by atoms with van der Waals surface area (Å²) in [6.45, 7) is 13.9. The molecule has 4 fully saturated rings. The molecule has 2 aromatic rings. The summed E-state index contributed by atoms with van der Waals surface area (Å²) >= 11 is 3.45. The number of amides is 1. The number of alkyl halides is 3. The number of hydrogen-bond acceptors (Lipinski definition) is 9. The largest absolute Gasteiger partial charge is 0.481 e. The van der Waals surface area contributed by atoms with Crippen LogP contribution < -0.4 is 14.4 Å². The molecule has 48 heavy (non-hydrogen) atoms. The van der Waals surface area contributed by atoms with Crippen molar-refractivity contribution in [1.29, 1.82) is 0 Å². The summed E-state index contributed by atoms with van der Waals surface area (Å²) in [5, 5.41) is 0.562. The van der Waals surface area contributed by atoms with Gasteiger partial charge in [-0.1, -0.05) is 12.7 Å². The number of piperidine rings is 2. The zero-order valence-electron chi connectivity index (χ0n) is 27.9. The Balaban J connectivity index is 1.25. The second-order valence-electron chi connectivity index (χ2n) is 14.5. The van der Waals surface area contributed by atoms with E-state index in [0.29, 0.717) is 53.5 Å². The van der Waals surface area contributed by atoms with Crippen LogP contribution >= 0.6 is 15.9 Å². The predicted octanol–water partition coefficient (Wildman–Crippen LogP) is 6.84. The molecule has 5 heterocycles. The Morgan fingerprint density at radius 3 is 2.35 bits per heavy atom. The SMILES string of the molecule is C=Cc1cc2c(N3CCC4(CC3)CN(C(=O)OC(C)(C)C)C4)nc(OC3CCN(C4CCOCC4)CC3)nc2c(OCC(F)(F)F)c1Br. The maximum atomic E-state index is 13.4. The number of aromatic nitrogens is 2. The molecule has 14 heteroatoms. The van der Waals surface area contributed by atoms with E-state index in [0.717, 1.165) is 64.8 Å². The number of carbonyl (C=O) groups excluding carboxylic acids is 1. The third-order valence-corrected chi connectivity index (χ3v) is 10.6. The maximum Gasteiger partial charge on any atom is 0.422 e. The first-order valence-corrected chi connectivity index (χ1v) is 17.6. The number of anilines is 1. The summed E-state index contributed by atoms with van der Waals surface area (Å²) in [4.78, 5) is 28.6. The summed E-state index contributed by atoms with van der Waals surface area (Å²) in [5.74, 6) is 0.559. The fourth-order valence-corrected chi connectivity index (χ4v) is 7.79. The van der Waals surface area contributed by atoms with E-state index in [2.05, 4.69) is 37.3 Å². The average Bonchev–Trinajstić information content (AvgIpc) is 3.02. The topological polar surface area (TPSA) is 89.5 Å². The van der Waals surface area contributed by atoms with Gasteiger partial charge in [0, 0.05) is 69.3 Å². The minimum absolute atomic E-state index is 0.00964. The first kappa shape index (κ1) is 35.0. The normalized spacial score (nSPS) is 21.3.